The molecule has 2 saturated carbocycles. The van der Waals surface area contributed by atoms with Crippen LogP contribution in [0.25, 0.3) is 0 Å². The summed E-state index contributed by atoms with van der Waals surface area (Å²) in [6.07, 6.45) is -0.195. The summed E-state index contributed by atoms with van der Waals surface area (Å²) in [4.78, 5) is 35.1. The highest BCUT2D eigenvalue weighted by molar-refractivity contribution is 5.86. The molecule has 0 aromatic carbocycles. The van der Waals surface area contributed by atoms with Gasteiger partial charge < -0.3 is 14.2 Å². The SMILES string of the molecule is CCOC(=O)C1C2CC3C(OC(=O)C31)C2OC(C)=O. The molecular formula is C13H16O6. The molecule has 6 atom stereocenters. The zero-order valence-corrected chi connectivity index (χ0v) is 10.8. The van der Waals surface area contributed by atoms with Crippen LogP contribution in [0.15, 0.2) is 0 Å². The average molecular weight is 268 g/mol. The van der Waals surface area contributed by atoms with Crippen molar-refractivity contribution in [2.75, 3.05) is 6.61 Å². The lowest BCUT2D eigenvalue weighted by molar-refractivity contribution is -0.163. The van der Waals surface area contributed by atoms with Crippen LogP contribution >= 0.6 is 0 Å². The van der Waals surface area contributed by atoms with Crippen LogP contribution in [-0.2, 0) is 28.6 Å². The lowest BCUT2D eigenvalue weighted by Crippen LogP contribution is -2.43. The van der Waals surface area contributed by atoms with Crippen molar-refractivity contribution in [3.05, 3.63) is 0 Å². The van der Waals surface area contributed by atoms with E-state index in [-0.39, 0.29) is 36.5 Å². The van der Waals surface area contributed by atoms with Crippen LogP contribution in [0.4, 0.5) is 0 Å². The van der Waals surface area contributed by atoms with Crippen molar-refractivity contribution in [1.82, 2.24) is 0 Å². The Balaban J connectivity index is 1.88. The molecule has 1 aliphatic heterocycles. The van der Waals surface area contributed by atoms with Crippen molar-refractivity contribution in [3.8, 4) is 0 Å². The number of hydrogen-bond acceptors (Lipinski definition) is 6. The molecule has 0 N–H and O–H groups in total. The molecule has 0 spiro atoms. The van der Waals surface area contributed by atoms with Gasteiger partial charge in [-0.15, -0.1) is 0 Å². The van der Waals surface area contributed by atoms with E-state index in [2.05, 4.69) is 0 Å². The maximum absolute atomic E-state index is 12.0. The summed E-state index contributed by atoms with van der Waals surface area (Å²) in [7, 11) is 0. The Labute approximate surface area is 110 Å². The molecule has 0 aromatic heterocycles. The smallest absolute Gasteiger partial charge is 0.310 e. The van der Waals surface area contributed by atoms with Gasteiger partial charge in [-0.05, 0) is 13.3 Å². The predicted molar refractivity (Wildman–Crippen MR) is 60.6 cm³/mol. The van der Waals surface area contributed by atoms with E-state index in [4.69, 9.17) is 14.2 Å². The van der Waals surface area contributed by atoms with E-state index in [9.17, 15) is 14.4 Å². The van der Waals surface area contributed by atoms with Gasteiger partial charge in [0.25, 0.3) is 0 Å². The van der Waals surface area contributed by atoms with Crippen molar-refractivity contribution in [2.24, 2.45) is 23.7 Å². The molecule has 19 heavy (non-hydrogen) atoms. The van der Waals surface area contributed by atoms with Gasteiger partial charge >= 0.3 is 17.9 Å². The first-order chi connectivity index (χ1) is 9.04. The van der Waals surface area contributed by atoms with Crippen molar-refractivity contribution < 1.29 is 28.6 Å². The van der Waals surface area contributed by atoms with E-state index in [1.54, 1.807) is 6.92 Å². The maximum Gasteiger partial charge on any atom is 0.310 e. The van der Waals surface area contributed by atoms with Crippen LogP contribution in [0.3, 0.4) is 0 Å². The summed E-state index contributed by atoms with van der Waals surface area (Å²) in [5.74, 6) is -2.27. The van der Waals surface area contributed by atoms with E-state index in [0.717, 1.165) is 0 Å². The third-order valence-corrected chi connectivity index (χ3v) is 4.41. The van der Waals surface area contributed by atoms with E-state index >= 15 is 0 Å². The van der Waals surface area contributed by atoms with Crippen LogP contribution in [-0.4, -0.2) is 36.7 Å². The molecule has 6 nitrogen and oxygen atoms in total. The van der Waals surface area contributed by atoms with Crippen LogP contribution in [0, 0.1) is 23.7 Å². The summed E-state index contributed by atoms with van der Waals surface area (Å²) in [6.45, 7) is 3.32. The molecule has 3 rings (SSSR count). The van der Waals surface area contributed by atoms with E-state index < -0.39 is 23.9 Å². The lowest BCUT2D eigenvalue weighted by atomic mass is 9.78. The van der Waals surface area contributed by atoms with E-state index in [0.29, 0.717) is 6.42 Å². The highest BCUT2D eigenvalue weighted by atomic mass is 16.6. The topological polar surface area (TPSA) is 78.9 Å². The maximum atomic E-state index is 12.0. The summed E-state index contributed by atoms with van der Waals surface area (Å²) in [5, 5.41) is 0. The number of carbonyl (C=O) groups excluding carboxylic acids is 3. The Morgan fingerprint density at radius 3 is 2.74 bits per heavy atom. The second-order valence-corrected chi connectivity index (χ2v) is 5.34. The van der Waals surface area contributed by atoms with Crippen LogP contribution < -0.4 is 0 Å². The summed E-state index contributed by atoms with van der Waals surface area (Å²) < 4.78 is 15.6. The van der Waals surface area contributed by atoms with Crippen LogP contribution in [0.5, 0.6) is 0 Å². The highest BCUT2D eigenvalue weighted by Gasteiger charge is 2.70. The third-order valence-electron chi connectivity index (χ3n) is 4.41. The fraction of sp³-hybridized carbons (Fsp3) is 0.769. The zero-order chi connectivity index (χ0) is 13.7. The first-order valence-corrected chi connectivity index (χ1v) is 6.59. The molecule has 6 heteroatoms. The number of hydrogen-bond donors (Lipinski definition) is 0. The Bertz CT molecular complexity index is 444. The summed E-state index contributed by atoms with van der Waals surface area (Å²) >= 11 is 0. The van der Waals surface area contributed by atoms with Gasteiger partial charge in [-0.3, -0.25) is 14.4 Å². The second kappa shape index (κ2) is 4.21. The minimum Gasteiger partial charge on any atom is -0.466 e. The Kier molecular flexibility index (Phi) is 2.76. The highest BCUT2D eigenvalue weighted by Crippen LogP contribution is 2.58. The van der Waals surface area contributed by atoms with Gasteiger partial charge in [-0.2, -0.15) is 0 Å². The Hall–Kier alpha value is -1.59. The standard InChI is InChI=1S/C13H16O6/c1-3-17-12(15)8-6-4-7-9(8)13(16)19-11(7)10(6)18-5(2)14/h6-11H,3-4H2,1-2H3. The van der Waals surface area contributed by atoms with Gasteiger partial charge in [-0.25, -0.2) is 0 Å². The molecule has 2 bridgehead atoms. The van der Waals surface area contributed by atoms with Gasteiger partial charge in [0.1, 0.15) is 12.2 Å². The molecule has 1 saturated heterocycles. The minimum atomic E-state index is -0.527. The van der Waals surface area contributed by atoms with Crippen LogP contribution in [0.2, 0.25) is 0 Å². The molecule has 2 aliphatic carbocycles. The first-order valence-electron chi connectivity index (χ1n) is 6.59. The van der Waals surface area contributed by atoms with Crippen LogP contribution in [0.1, 0.15) is 20.3 Å². The molecular weight excluding hydrogens is 252 g/mol. The minimum absolute atomic E-state index is 0.0174. The molecule has 0 aromatic rings. The van der Waals surface area contributed by atoms with Crippen molar-refractivity contribution in [2.45, 2.75) is 32.5 Å². The van der Waals surface area contributed by atoms with Gasteiger partial charge in [0.15, 0.2) is 0 Å². The molecule has 1 heterocycles. The number of fused-ring (bicyclic) bond motifs is 1. The quantitative estimate of drug-likeness (QED) is 0.540. The number of carbonyl (C=O) groups is 3. The normalized spacial score (nSPS) is 42.1. The van der Waals surface area contributed by atoms with Crippen molar-refractivity contribution in [1.29, 1.82) is 0 Å². The molecule has 104 valence electrons. The van der Waals surface area contributed by atoms with E-state index in [1.165, 1.54) is 6.92 Å². The fourth-order valence-electron chi connectivity index (χ4n) is 3.90. The molecule has 3 fully saturated rings. The van der Waals surface area contributed by atoms with Gasteiger partial charge in [0, 0.05) is 18.8 Å². The molecule has 0 radical (unpaired) electrons. The van der Waals surface area contributed by atoms with Gasteiger partial charge in [0.2, 0.25) is 0 Å². The largest absolute Gasteiger partial charge is 0.466 e. The van der Waals surface area contributed by atoms with Gasteiger partial charge in [-0.1, -0.05) is 0 Å². The van der Waals surface area contributed by atoms with Crippen molar-refractivity contribution >= 4 is 17.9 Å². The monoisotopic (exact) mass is 268 g/mol. The van der Waals surface area contributed by atoms with E-state index in [1.807, 2.05) is 0 Å². The van der Waals surface area contributed by atoms with Crippen molar-refractivity contribution in [3.63, 3.8) is 0 Å². The zero-order valence-electron chi connectivity index (χ0n) is 10.8. The average Bonchev–Trinajstić information content (AvgIpc) is 2.91. The predicted octanol–water partition coefficient (Wildman–Crippen LogP) is 0.289. The second-order valence-electron chi connectivity index (χ2n) is 5.34. The summed E-state index contributed by atoms with van der Waals surface area (Å²) in [5.41, 5.74) is 0. The summed E-state index contributed by atoms with van der Waals surface area (Å²) in [6, 6.07) is 0. The fourth-order valence-corrected chi connectivity index (χ4v) is 3.90. The first kappa shape index (κ1) is 12.4. The Morgan fingerprint density at radius 2 is 2.11 bits per heavy atom. The van der Waals surface area contributed by atoms with Gasteiger partial charge in [0.05, 0.1) is 18.4 Å². The molecule has 0 amide bonds. The number of rotatable bonds is 3. The molecule has 6 unspecified atom stereocenters. The number of esters is 3. The number of ether oxygens (including phenoxy) is 3. The Morgan fingerprint density at radius 1 is 1.37 bits per heavy atom. The molecule has 3 aliphatic rings. The third kappa shape index (κ3) is 1.65. The lowest BCUT2D eigenvalue weighted by Gasteiger charge is -2.29.